The summed E-state index contributed by atoms with van der Waals surface area (Å²) in [5, 5.41) is 12.6. The first-order valence-corrected chi connectivity index (χ1v) is 7.27. The smallest absolute Gasteiger partial charge is 0.271 e. The highest BCUT2D eigenvalue weighted by Crippen LogP contribution is 2.18. The molecule has 6 heteroatoms. The van der Waals surface area contributed by atoms with Gasteiger partial charge in [-0.15, -0.1) is 11.3 Å². The number of halogens is 1. The molecule has 20 heavy (non-hydrogen) atoms. The Labute approximate surface area is 123 Å². The molecule has 0 aliphatic heterocycles. The number of nitrogens with zero attached hydrogens (tertiary/aromatic N) is 2. The summed E-state index contributed by atoms with van der Waals surface area (Å²) in [7, 11) is 0. The summed E-state index contributed by atoms with van der Waals surface area (Å²) >= 11 is 7.17. The summed E-state index contributed by atoms with van der Waals surface area (Å²) in [6.45, 7) is 0.168. The SMILES string of the molecule is O=c1c2sccc2ncn1CC(O)c1ccc(Cl)cc1. The van der Waals surface area contributed by atoms with Crippen LogP contribution in [0.1, 0.15) is 11.7 Å². The fourth-order valence-electron chi connectivity index (χ4n) is 1.99. The highest BCUT2D eigenvalue weighted by molar-refractivity contribution is 7.17. The average molecular weight is 307 g/mol. The van der Waals surface area contributed by atoms with Gasteiger partial charge >= 0.3 is 0 Å². The molecule has 2 aromatic heterocycles. The molecular weight excluding hydrogens is 296 g/mol. The van der Waals surface area contributed by atoms with Gasteiger partial charge in [-0.25, -0.2) is 4.98 Å². The fraction of sp³-hybridized carbons (Fsp3) is 0.143. The van der Waals surface area contributed by atoms with Crippen LogP contribution in [0.4, 0.5) is 0 Å². The normalized spacial score (nSPS) is 12.7. The van der Waals surface area contributed by atoms with E-state index in [4.69, 9.17) is 11.6 Å². The van der Waals surface area contributed by atoms with E-state index in [1.807, 2.05) is 5.38 Å². The quantitative estimate of drug-likeness (QED) is 0.809. The van der Waals surface area contributed by atoms with Gasteiger partial charge in [-0.05, 0) is 29.1 Å². The maximum atomic E-state index is 12.2. The van der Waals surface area contributed by atoms with E-state index in [9.17, 15) is 9.90 Å². The largest absolute Gasteiger partial charge is 0.387 e. The molecular formula is C14H11ClN2O2S. The summed E-state index contributed by atoms with van der Waals surface area (Å²) in [4.78, 5) is 16.4. The first-order chi connectivity index (χ1) is 9.65. The van der Waals surface area contributed by atoms with Crippen molar-refractivity contribution >= 4 is 33.2 Å². The second-order valence-corrected chi connectivity index (χ2v) is 5.76. The number of aliphatic hydroxyl groups excluding tert-OH is 1. The van der Waals surface area contributed by atoms with Gasteiger partial charge in [-0.1, -0.05) is 23.7 Å². The standard InChI is InChI=1S/C14H11ClN2O2S/c15-10-3-1-9(2-4-10)12(18)7-17-8-16-11-5-6-20-13(11)14(17)19/h1-6,8,12,18H,7H2. The van der Waals surface area contributed by atoms with Crippen molar-refractivity contribution in [2.24, 2.45) is 0 Å². The molecule has 1 atom stereocenters. The fourth-order valence-corrected chi connectivity index (χ4v) is 2.90. The zero-order chi connectivity index (χ0) is 14.1. The van der Waals surface area contributed by atoms with Crippen molar-refractivity contribution in [1.82, 2.24) is 9.55 Å². The zero-order valence-electron chi connectivity index (χ0n) is 10.4. The third-order valence-electron chi connectivity index (χ3n) is 3.06. The lowest BCUT2D eigenvalue weighted by Gasteiger charge is -2.12. The van der Waals surface area contributed by atoms with Gasteiger partial charge in [0.1, 0.15) is 4.70 Å². The number of rotatable bonds is 3. The van der Waals surface area contributed by atoms with E-state index in [0.717, 1.165) is 0 Å². The van der Waals surface area contributed by atoms with Crippen molar-refractivity contribution in [1.29, 1.82) is 0 Å². The Hall–Kier alpha value is -1.69. The maximum Gasteiger partial charge on any atom is 0.271 e. The Morgan fingerprint density at radius 2 is 2.05 bits per heavy atom. The number of hydrogen-bond donors (Lipinski definition) is 1. The molecule has 3 aromatic rings. The summed E-state index contributed by atoms with van der Waals surface area (Å²) in [6.07, 6.45) is 0.695. The van der Waals surface area contributed by atoms with Gasteiger partial charge in [0.05, 0.1) is 24.5 Å². The summed E-state index contributed by atoms with van der Waals surface area (Å²) in [6, 6.07) is 8.72. The third kappa shape index (κ3) is 2.47. The monoisotopic (exact) mass is 306 g/mol. The minimum absolute atomic E-state index is 0.127. The summed E-state index contributed by atoms with van der Waals surface area (Å²) < 4.78 is 2.04. The van der Waals surface area contributed by atoms with Crippen LogP contribution in [0.15, 0.2) is 46.8 Å². The Morgan fingerprint density at radius 1 is 1.30 bits per heavy atom. The lowest BCUT2D eigenvalue weighted by atomic mass is 10.1. The molecule has 0 aliphatic carbocycles. The van der Waals surface area contributed by atoms with Crippen molar-refractivity contribution in [3.05, 3.63) is 63.0 Å². The van der Waals surface area contributed by atoms with Crippen LogP contribution < -0.4 is 5.56 Å². The van der Waals surface area contributed by atoms with Gasteiger partial charge in [-0.3, -0.25) is 9.36 Å². The van der Waals surface area contributed by atoms with E-state index in [1.165, 1.54) is 22.2 Å². The Balaban J connectivity index is 1.90. The number of benzene rings is 1. The lowest BCUT2D eigenvalue weighted by Crippen LogP contribution is -2.23. The number of hydrogen-bond acceptors (Lipinski definition) is 4. The molecule has 0 amide bonds. The molecule has 2 heterocycles. The molecule has 1 aromatic carbocycles. The second-order valence-electron chi connectivity index (χ2n) is 4.40. The van der Waals surface area contributed by atoms with Crippen LogP contribution in [-0.2, 0) is 6.54 Å². The van der Waals surface area contributed by atoms with E-state index in [1.54, 1.807) is 30.3 Å². The maximum absolute atomic E-state index is 12.2. The number of aromatic nitrogens is 2. The third-order valence-corrected chi connectivity index (χ3v) is 4.20. The van der Waals surface area contributed by atoms with Crippen molar-refractivity contribution in [3.8, 4) is 0 Å². The van der Waals surface area contributed by atoms with Crippen molar-refractivity contribution in [3.63, 3.8) is 0 Å². The summed E-state index contributed by atoms with van der Waals surface area (Å²) in [5.41, 5.74) is 1.28. The molecule has 0 spiro atoms. The van der Waals surface area contributed by atoms with Crippen LogP contribution in [0.25, 0.3) is 10.2 Å². The zero-order valence-corrected chi connectivity index (χ0v) is 11.9. The molecule has 0 bridgehead atoms. The van der Waals surface area contributed by atoms with Crippen LogP contribution >= 0.6 is 22.9 Å². The van der Waals surface area contributed by atoms with Gasteiger partial charge in [0.2, 0.25) is 0 Å². The van der Waals surface area contributed by atoms with Crippen LogP contribution in [-0.4, -0.2) is 14.7 Å². The molecule has 0 radical (unpaired) electrons. The second kappa shape index (κ2) is 5.36. The van der Waals surface area contributed by atoms with Gasteiger partial charge in [0, 0.05) is 5.02 Å². The topological polar surface area (TPSA) is 55.1 Å². The molecule has 0 saturated carbocycles. The minimum atomic E-state index is -0.774. The van der Waals surface area contributed by atoms with Crippen molar-refractivity contribution in [2.45, 2.75) is 12.6 Å². The predicted octanol–water partition coefficient (Wildman–Crippen LogP) is 2.85. The highest BCUT2D eigenvalue weighted by Gasteiger charge is 2.11. The number of fused-ring (bicyclic) bond motifs is 1. The molecule has 4 nitrogen and oxygen atoms in total. The first kappa shape index (κ1) is 13.3. The molecule has 1 N–H and O–H groups in total. The van der Waals surface area contributed by atoms with E-state index in [0.29, 0.717) is 20.8 Å². The molecule has 1 unspecified atom stereocenters. The Morgan fingerprint density at radius 3 is 2.80 bits per heavy atom. The molecule has 0 saturated heterocycles. The molecule has 0 fully saturated rings. The van der Waals surface area contributed by atoms with Gasteiger partial charge in [0.25, 0.3) is 5.56 Å². The minimum Gasteiger partial charge on any atom is -0.387 e. The van der Waals surface area contributed by atoms with Crippen LogP contribution in [0.5, 0.6) is 0 Å². The summed E-state index contributed by atoms with van der Waals surface area (Å²) in [5.74, 6) is 0. The van der Waals surface area contributed by atoms with Gasteiger partial charge in [-0.2, -0.15) is 0 Å². The van der Waals surface area contributed by atoms with E-state index in [2.05, 4.69) is 4.98 Å². The van der Waals surface area contributed by atoms with E-state index in [-0.39, 0.29) is 12.1 Å². The predicted molar refractivity (Wildman–Crippen MR) is 80.3 cm³/mol. The molecule has 3 rings (SSSR count). The number of aliphatic hydroxyl groups is 1. The Bertz CT molecular complexity index is 795. The Kier molecular flexibility index (Phi) is 3.56. The average Bonchev–Trinajstić information content (AvgIpc) is 2.92. The van der Waals surface area contributed by atoms with Gasteiger partial charge in [0.15, 0.2) is 0 Å². The van der Waals surface area contributed by atoms with Crippen LogP contribution in [0, 0.1) is 0 Å². The van der Waals surface area contributed by atoms with Crippen LogP contribution in [0.3, 0.4) is 0 Å². The lowest BCUT2D eigenvalue weighted by molar-refractivity contribution is 0.155. The molecule has 0 aliphatic rings. The van der Waals surface area contributed by atoms with Gasteiger partial charge < -0.3 is 5.11 Å². The van der Waals surface area contributed by atoms with Crippen molar-refractivity contribution in [2.75, 3.05) is 0 Å². The number of thiophene rings is 1. The van der Waals surface area contributed by atoms with E-state index < -0.39 is 6.10 Å². The first-order valence-electron chi connectivity index (χ1n) is 6.01. The highest BCUT2D eigenvalue weighted by atomic mass is 35.5. The molecule has 102 valence electrons. The van der Waals surface area contributed by atoms with Crippen molar-refractivity contribution < 1.29 is 5.11 Å². The van der Waals surface area contributed by atoms with Crippen LogP contribution in [0.2, 0.25) is 5.02 Å². The van der Waals surface area contributed by atoms with E-state index >= 15 is 0 Å².